The second-order valence-corrected chi connectivity index (χ2v) is 6.63. The first kappa shape index (κ1) is 18.3. The maximum Gasteiger partial charge on any atom is 0.276 e. The lowest BCUT2D eigenvalue weighted by Crippen LogP contribution is -2.44. The van der Waals surface area contributed by atoms with E-state index in [0.29, 0.717) is 17.2 Å². The van der Waals surface area contributed by atoms with Gasteiger partial charge >= 0.3 is 0 Å². The molecule has 2 N–H and O–H groups in total. The number of halogens is 1. The van der Waals surface area contributed by atoms with Crippen LogP contribution in [-0.2, 0) is 4.79 Å². The molecule has 0 saturated carbocycles. The lowest BCUT2D eigenvalue weighted by atomic mass is 10.0. The summed E-state index contributed by atoms with van der Waals surface area (Å²) in [6.45, 7) is 3.95. The molecule has 2 rings (SSSR count). The Labute approximate surface area is 154 Å². The quantitative estimate of drug-likeness (QED) is 0.557. The van der Waals surface area contributed by atoms with Crippen LogP contribution in [0.5, 0.6) is 5.75 Å². The van der Waals surface area contributed by atoms with E-state index in [2.05, 4.69) is 47.3 Å². The van der Waals surface area contributed by atoms with Crippen LogP contribution in [0.2, 0.25) is 0 Å². The fraction of sp³-hybridized carbons (Fsp3) is 0.222. The van der Waals surface area contributed by atoms with Gasteiger partial charge < -0.3 is 4.74 Å². The number of para-hydroxylation sites is 1. The molecule has 0 fully saturated rings. The van der Waals surface area contributed by atoms with Crippen molar-refractivity contribution in [3.8, 4) is 5.75 Å². The van der Waals surface area contributed by atoms with Crippen LogP contribution in [0, 0.1) is 3.57 Å². The highest BCUT2D eigenvalue weighted by Gasteiger charge is 2.12. The topological polar surface area (TPSA) is 67.4 Å². The predicted octanol–water partition coefficient (Wildman–Crippen LogP) is 3.25. The van der Waals surface area contributed by atoms with Crippen molar-refractivity contribution in [1.29, 1.82) is 0 Å². The number of carbonyl (C=O) groups excluding carboxylic acids is 2. The van der Waals surface area contributed by atoms with E-state index in [9.17, 15) is 9.59 Å². The monoisotopic (exact) mass is 438 g/mol. The molecule has 0 aromatic heterocycles. The zero-order chi connectivity index (χ0) is 17.5. The second kappa shape index (κ2) is 8.68. The highest BCUT2D eigenvalue weighted by Crippen LogP contribution is 2.25. The van der Waals surface area contributed by atoms with E-state index in [4.69, 9.17) is 4.74 Å². The van der Waals surface area contributed by atoms with Gasteiger partial charge in [0.2, 0.25) is 0 Å². The molecule has 0 atom stereocenters. The van der Waals surface area contributed by atoms with E-state index in [1.165, 1.54) is 0 Å². The number of hydrogen-bond acceptors (Lipinski definition) is 3. The summed E-state index contributed by atoms with van der Waals surface area (Å²) < 4.78 is 6.37. The second-order valence-electron chi connectivity index (χ2n) is 5.46. The Bertz CT molecular complexity index is 732. The van der Waals surface area contributed by atoms with Crippen LogP contribution in [0.3, 0.4) is 0 Å². The molecule has 126 valence electrons. The van der Waals surface area contributed by atoms with E-state index < -0.39 is 5.91 Å². The Balaban J connectivity index is 1.86. The maximum atomic E-state index is 12.0. The number of carbonyl (C=O) groups is 2. The summed E-state index contributed by atoms with van der Waals surface area (Å²) >= 11 is 2.07. The fourth-order valence-electron chi connectivity index (χ4n) is 2.11. The van der Waals surface area contributed by atoms with E-state index in [1.54, 1.807) is 12.1 Å². The smallest absolute Gasteiger partial charge is 0.276 e. The molecule has 0 bridgehead atoms. The Morgan fingerprint density at radius 3 is 2.42 bits per heavy atom. The normalized spacial score (nSPS) is 10.3. The third-order valence-electron chi connectivity index (χ3n) is 3.33. The van der Waals surface area contributed by atoms with Crippen molar-refractivity contribution in [3.05, 3.63) is 63.2 Å². The summed E-state index contributed by atoms with van der Waals surface area (Å²) in [6, 6.07) is 14.7. The van der Waals surface area contributed by atoms with Gasteiger partial charge in [0.05, 0.1) is 5.56 Å². The number of rotatable bonds is 5. The summed E-state index contributed by atoms with van der Waals surface area (Å²) in [5.41, 5.74) is 6.29. The molecule has 0 radical (unpaired) electrons. The van der Waals surface area contributed by atoms with Crippen molar-refractivity contribution in [1.82, 2.24) is 10.9 Å². The highest BCUT2D eigenvalue weighted by molar-refractivity contribution is 14.1. The summed E-state index contributed by atoms with van der Waals surface area (Å²) in [4.78, 5) is 23.9. The Morgan fingerprint density at radius 2 is 1.71 bits per heavy atom. The van der Waals surface area contributed by atoms with Gasteiger partial charge in [0.15, 0.2) is 6.61 Å². The Morgan fingerprint density at radius 1 is 1.04 bits per heavy atom. The third-order valence-corrected chi connectivity index (χ3v) is 4.27. The van der Waals surface area contributed by atoms with Crippen LogP contribution < -0.4 is 15.6 Å². The van der Waals surface area contributed by atoms with Gasteiger partial charge in [-0.25, -0.2) is 0 Å². The third kappa shape index (κ3) is 4.95. The molecule has 0 saturated heterocycles. The molecule has 2 amide bonds. The van der Waals surface area contributed by atoms with Gasteiger partial charge in [0.25, 0.3) is 11.8 Å². The summed E-state index contributed by atoms with van der Waals surface area (Å²) in [6.07, 6.45) is 0. The van der Waals surface area contributed by atoms with Crippen LogP contribution >= 0.6 is 22.6 Å². The molecular weight excluding hydrogens is 419 g/mol. The molecule has 5 nitrogen and oxygen atoms in total. The van der Waals surface area contributed by atoms with Gasteiger partial charge in [-0.3, -0.25) is 20.4 Å². The van der Waals surface area contributed by atoms with Crippen molar-refractivity contribution < 1.29 is 14.3 Å². The van der Waals surface area contributed by atoms with Crippen LogP contribution in [0.25, 0.3) is 0 Å². The number of benzene rings is 2. The lowest BCUT2D eigenvalue weighted by Gasteiger charge is -2.14. The minimum atomic E-state index is -0.423. The van der Waals surface area contributed by atoms with E-state index >= 15 is 0 Å². The SMILES string of the molecule is CC(C)c1ccccc1OCC(=O)NNC(=O)c1ccccc1I. The highest BCUT2D eigenvalue weighted by atomic mass is 127. The number of ether oxygens (including phenoxy) is 1. The largest absolute Gasteiger partial charge is 0.483 e. The first-order chi connectivity index (χ1) is 11.5. The van der Waals surface area contributed by atoms with E-state index in [1.807, 2.05) is 36.4 Å². The molecule has 0 heterocycles. The van der Waals surface area contributed by atoms with Crippen molar-refractivity contribution >= 4 is 34.4 Å². The fourth-order valence-corrected chi connectivity index (χ4v) is 2.74. The average Bonchev–Trinajstić information content (AvgIpc) is 2.58. The Hall–Kier alpha value is -2.09. The van der Waals surface area contributed by atoms with Gasteiger partial charge in [-0.1, -0.05) is 44.2 Å². The summed E-state index contributed by atoms with van der Waals surface area (Å²) in [7, 11) is 0. The van der Waals surface area contributed by atoms with Gasteiger partial charge in [0.1, 0.15) is 5.75 Å². The standard InChI is InChI=1S/C18H19IN2O3/c1-12(2)13-7-4-6-10-16(13)24-11-17(22)20-21-18(23)14-8-3-5-9-15(14)19/h3-10,12H,11H2,1-2H3,(H,20,22)(H,21,23). The van der Waals surface area contributed by atoms with Crippen molar-refractivity contribution in [3.63, 3.8) is 0 Å². The Kier molecular flexibility index (Phi) is 6.60. The van der Waals surface area contributed by atoms with Gasteiger partial charge in [-0.05, 0) is 52.3 Å². The predicted molar refractivity (Wildman–Crippen MR) is 101 cm³/mol. The molecule has 0 unspecified atom stereocenters. The van der Waals surface area contributed by atoms with Gasteiger partial charge in [-0.2, -0.15) is 0 Å². The van der Waals surface area contributed by atoms with Gasteiger partial charge in [-0.15, -0.1) is 0 Å². The molecule has 24 heavy (non-hydrogen) atoms. The van der Waals surface area contributed by atoms with Crippen molar-refractivity contribution in [2.45, 2.75) is 19.8 Å². The first-order valence-electron chi connectivity index (χ1n) is 7.54. The number of amides is 2. The summed E-state index contributed by atoms with van der Waals surface area (Å²) in [5.74, 6) is 0.180. The maximum absolute atomic E-state index is 12.0. The van der Waals surface area contributed by atoms with E-state index in [-0.39, 0.29) is 12.5 Å². The van der Waals surface area contributed by atoms with Crippen molar-refractivity contribution in [2.75, 3.05) is 6.61 Å². The molecular formula is C18H19IN2O3. The molecule has 0 aliphatic carbocycles. The van der Waals surface area contributed by atoms with Crippen LogP contribution in [-0.4, -0.2) is 18.4 Å². The van der Waals surface area contributed by atoms with Crippen LogP contribution in [0.15, 0.2) is 48.5 Å². The summed E-state index contributed by atoms with van der Waals surface area (Å²) in [5, 5.41) is 0. The van der Waals surface area contributed by atoms with Crippen LogP contribution in [0.4, 0.5) is 0 Å². The van der Waals surface area contributed by atoms with E-state index in [0.717, 1.165) is 9.13 Å². The molecule has 2 aromatic carbocycles. The zero-order valence-corrected chi connectivity index (χ0v) is 15.7. The number of nitrogens with one attached hydrogen (secondary N) is 2. The zero-order valence-electron chi connectivity index (χ0n) is 13.5. The molecule has 0 spiro atoms. The molecule has 6 heteroatoms. The number of hydrazine groups is 1. The lowest BCUT2D eigenvalue weighted by molar-refractivity contribution is -0.123. The minimum Gasteiger partial charge on any atom is -0.483 e. The molecule has 2 aromatic rings. The molecule has 0 aliphatic rings. The van der Waals surface area contributed by atoms with Crippen LogP contribution in [0.1, 0.15) is 35.7 Å². The number of hydrogen-bond donors (Lipinski definition) is 2. The van der Waals surface area contributed by atoms with Gasteiger partial charge in [0, 0.05) is 3.57 Å². The minimum absolute atomic E-state index is 0.171. The average molecular weight is 438 g/mol. The van der Waals surface area contributed by atoms with Crippen molar-refractivity contribution in [2.24, 2.45) is 0 Å². The first-order valence-corrected chi connectivity index (χ1v) is 8.62. The molecule has 0 aliphatic heterocycles.